The standard InChI is InChI=1S/C23H29N3O2S/c1-14-13-29-22(24-14)16(3)25-21(27)18-9-5-6-10-19(18)23(28)26-15(2)12-17-8-4-7-11-20(17)26/h4,7-8,11,13,15-16,18-19H,5-6,9-10,12H2,1-3H3,(H,25,27)/t15-,16+,18-,19-/m1/s1. The maximum Gasteiger partial charge on any atom is 0.231 e. The monoisotopic (exact) mass is 411 g/mol. The van der Waals surface area contributed by atoms with Crippen LogP contribution in [0.2, 0.25) is 0 Å². The first kappa shape index (κ1) is 20.1. The zero-order valence-corrected chi connectivity index (χ0v) is 18.2. The normalized spacial score (nSPS) is 24.8. The molecule has 1 N–H and O–H groups in total. The van der Waals surface area contributed by atoms with Crippen LogP contribution in [0.25, 0.3) is 0 Å². The van der Waals surface area contributed by atoms with Gasteiger partial charge in [-0.1, -0.05) is 31.0 Å². The predicted octanol–water partition coefficient (Wildman–Crippen LogP) is 4.41. The van der Waals surface area contributed by atoms with Gasteiger partial charge in [0.25, 0.3) is 0 Å². The van der Waals surface area contributed by atoms with Crippen molar-refractivity contribution in [1.29, 1.82) is 0 Å². The first-order chi connectivity index (χ1) is 14.0. The number of carbonyl (C=O) groups excluding carboxylic acids is 2. The minimum Gasteiger partial charge on any atom is -0.347 e. The van der Waals surface area contributed by atoms with E-state index in [1.807, 2.05) is 42.3 Å². The molecule has 6 heteroatoms. The molecule has 29 heavy (non-hydrogen) atoms. The van der Waals surface area contributed by atoms with Gasteiger partial charge in [-0.25, -0.2) is 4.98 Å². The fourth-order valence-electron chi connectivity index (χ4n) is 4.77. The number of nitrogens with zero attached hydrogens (tertiary/aromatic N) is 2. The van der Waals surface area contributed by atoms with Gasteiger partial charge in [-0.2, -0.15) is 0 Å². The molecule has 2 aliphatic rings. The van der Waals surface area contributed by atoms with E-state index in [0.29, 0.717) is 0 Å². The molecule has 1 aromatic carbocycles. The van der Waals surface area contributed by atoms with E-state index in [0.717, 1.165) is 48.5 Å². The van der Waals surface area contributed by atoms with Gasteiger partial charge < -0.3 is 10.2 Å². The van der Waals surface area contributed by atoms with E-state index in [2.05, 4.69) is 23.3 Å². The van der Waals surface area contributed by atoms with Crippen molar-refractivity contribution in [3.8, 4) is 0 Å². The van der Waals surface area contributed by atoms with Crippen LogP contribution in [0.1, 0.15) is 61.8 Å². The summed E-state index contributed by atoms with van der Waals surface area (Å²) in [7, 11) is 0. The first-order valence-electron chi connectivity index (χ1n) is 10.6. The molecule has 1 aliphatic heterocycles. The third-order valence-corrected chi connectivity index (χ3v) is 7.38. The number of hydrogen-bond acceptors (Lipinski definition) is 4. The molecule has 154 valence electrons. The molecule has 2 amide bonds. The van der Waals surface area contributed by atoms with E-state index in [4.69, 9.17) is 0 Å². The minimum absolute atomic E-state index is 0.0106. The Kier molecular flexibility index (Phi) is 5.72. The van der Waals surface area contributed by atoms with Crippen LogP contribution >= 0.6 is 11.3 Å². The number of carbonyl (C=O) groups is 2. The predicted molar refractivity (Wildman–Crippen MR) is 116 cm³/mol. The molecule has 1 saturated carbocycles. The lowest BCUT2D eigenvalue weighted by Gasteiger charge is -2.34. The van der Waals surface area contributed by atoms with Crippen molar-refractivity contribution in [2.75, 3.05) is 4.90 Å². The largest absolute Gasteiger partial charge is 0.347 e. The summed E-state index contributed by atoms with van der Waals surface area (Å²) >= 11 is 1.57. The number of hydrogen-bond donors (Lipinski definition) is 1. The van der Waals surface area contributed by atoms with Gasteiger partial charge >= 0.3 is 0 Å². The highest BCUT2D eigenvalue weighted by atomic mass is 32.1. The van der Waals surface area contributed by atoms with Crippen molar-refractivity contribution in [3.05, 3.63) is 45.9 Å². The van der Waals surface area contributed by atoms with Crippen LogP contribution in [0, 0.1) is 18.8 Å². The van der Waals surface area contributed by atoms with Gasteiger partial charge in [0, 0.05) is 28.7 Å². The Morgan fingerprint density at radius 1 is 1.21 bits per heavy atom. The summed E-state index contributed by atoms with van der Waals surface area (Å²) in [5.74, 6) is -0.411. The van der Waals surface area contributed by atoms with E-state index in [9.17, 15) is 9.59 Å². The molecule has 1 aromatic heterocycles. The Morgan fingerprint density at radius 3 is 2.66 bits per heavy atom. The van der Waals surface area contributed by atoms with Gasteiger partial charge in [-0.05, 0) is 51.7 Å². The fraction of sp³-hybridized carbons (Fsp3) is 0.522. The Morgan fingerprint density at radius 2 is 1.93 bits per heavy atom. The van der Waals surface area contributed by atoms with E-state index in [1.165, 1.54) is 5.56 Å². The lowest BCUT2D eigenvalue weighted by Crippen LogP contribution is -2.47. The molecule has 2 aromatic rings. The van der Waals surface area contributed by atoms with Gasteiger partial charge in [-0.3, -0.25) is 9.59 Å². The van der Waals surface area contributed by atoms with Gasteiger partial charge in [-0.15, -0.1) is 11.3 Å². The van der Waals surface area contributed by atoms with Crippen LogP contribution in [0.4, 0.5) is 5.69 Å². The number of amides is 2. The second-order valence-corrected chi connectivity index (χ2v) is 9.33. The van der Waals surface area contributed by atoms with Crippen molar-refractivity contribution in [1.82, 2.24) is 10.3 Å². The molecule has 1 fully saturated rings. The summed E-state index contributed by atoms with van der Waals surface area (Å²) in [6, 6.07) is 8.15. The van der Waals surface area contributed by atoms with Gasteiger partial charge in [0.2, 0.25) is 11.8 Å². The summed E-state index contributed by atoms with van der Waals surface area (Å²) in [6.45, 7) is 6.02. The number of thiazole rings is 1. The molecule has 1 aliphatic carbocycles. The first-order valence-corrected chi connectivity index (χ1v) is 11.5. The average molecular weight is 412 g/mol. The van der Waals surface area contributed by atoms with Crippen LogP contribution < -0.4 is 10.2 Å². The van der Waals surface area contributed by atoms with Crippen molar-refractivity contribution in [2.24, 2.45) is 11.8 Å². The van der Waals surface area contributed by atoms with Crippen LogP contribution in [-0.2, 0) is 16.0 Å². The number of para-hydroxylation sites is 1. The maximum atomic E-state index is 13.6. The molecule has 2 heterocycles. The van der Waals surface area contributed by atoms with Crippen molar-refractivity contribution >= 4 is 28.8 Å². The third-order valence-electron chi connectivity index (χ3n) is 6.23. The third kappa shape index (κ3) is 3.95. The minimum atomic E-state index is -0.264. The molecule has 0 radical (unpaired) electrons. The van der Waals surface area contributed by atoms with Crippen LogP contribution in [0.5, 0.6) is 0 Å². The average Bonchev–Trinajstić information content (AvgIpc) is 3.29. The Bertz CT molecular complexity index is 909. The lowest BCUT2D eigenvalue weighted by atomic mass is 9.77. The van der Waals surface area contributed by atoms with Crippen molar-refractivity contribution in [3.63, 3.8) is 0 Å². The van der Waals surface area contributed by atoms with E-state index in [-0.39, 0.29) is 35.7 Å². The molecule has 0 spiro atoms. The molecule has 0 bridgehead atoms. The Hall–Kier alpha value is -2.21. The highest BCUT2D eigenvalue weighted by Crippen LogP contribution is 2.38. The zero-order valence-electron chi connectivity index (χ0n) is 17.4. The van der Waals surface area contributed by atoms with E-state index in [1.54, 1.807) is 11.3 Å². The zero-order chi connectivity index (χ0) is 20.5. The SMILES string of the molecule is Cc1csc([C@H](C)NC(=O)[C@@H]2CCCC[C@H]2C(=O)N2c3ccccc3C[C@H]2C)n1. The van der Waals surface area contributed by atoms with E-state index >= 15 is 0 Å². The van der Waals surface area contributed by atoms with E-state index < -0.39 is 0 Å². The van der Waals surface area contributed by atoms with Crippen LogP contribution in [0.3, 0.4) is 0 Å². The van der Waals surface area contributed by atoms with Crippen LogP contribution in [-0.4, -0.2) is 22.8 Å². The number of nitrogens with one attached hydrogen (secondary N) is 1. The summed E-state index contributed by atoms with van der Waals surface area (Å²) in [4.78, 5) is 33.2. The number of anilines is 1. The highest BCUT2D eigenvalue weighted by molar-refractivity contribution is 7.09. The summed E-state index contributed by atoms with van der Waals surface area (Å²) in [5, 5.41) is 6.03. The number of benzene rings is 1. The Balaban J connectivity index is 1.51. The molecular weight excluding hydrogens is 382 g/mol. The fourth-order valence-corrected chi connectivity index (χ4v) is 5.58. The van der Waals surface area contributed by atoms with Gasteiger partial charge in [0.05, 0.1) is 12.0 Å². The van der Waals surface area contributed by atoms with Crippen molar-refractivity contribution in [2.45, 2.75) is 65.0 Å². The number of fused-ring (bicyclic) bond motifs is 1. The smallest absolute Gasteiger partial charge is 0.231 e. The quantitative estimate of drug-likeness (QED) is 0.810. The Labute approximate surface area is 176 Å². The highest BCUT2D eigenvalue weighted by Gasteiger charge is 2.41. The van der Waals surface area contributed by atoms with Gasteiger partial charge in [0.15, 0.2) is 0 Å². The topological polar surface area (TPSA) is 62.3 Å². The van der Waals surface area contributed by atoms with Gasteiger partial charge in [0.1, 0.15) is 5.01 Å². The number of aromatic nitrogens is 1. The number of rotatable bonds is 4. The van der Waals surface area contributed by atoms with Crippen LogP contribution in [0.15, 0.2) is 29.6 Å². The molecule has 5 nitrogen and oxygen atoms in total. The molecule has 0 unspecified atom stereocenters. The molecule has 4 atom stereocenters. The molecular formula is C23H29N3O2S. The lowest BCUT2D eigenvalue weighted by molar-refractivity contribution is -0.135. The summed E-state index contributed by atoms with van der Waals surface area (Å²) in [6.07, 6.45) is 4.44. The second-order valence-electron chi connectivity index (χ2n) is 8.44. The molecule has 4 rings (SSSR count). The van der Waals surface area contributed by atoms with Crippen molar-refractivity contribution < 1.29 is 9.59 Å². The summed E-state index contributed by atoms with van der Waals surface area (Å²) < 4.78 is 0. The number of aryl methyl sites for hydroxylation is 1. The maximum absolute atomic E-state index is 13.6. The second kappa shape index (κ2) is 8.27. The molecule has 0 saturated heterocycles. The summed E-state index contributed by atoms with van der Waals surface area (Å²) in [5.41, 5.74) is 3.21.